The summed E-state index contributed by atoms with van der Waals surface area (Å²) in [5, 5.41) is 9.03. The predicted molar refractivity (Wildman–Crippen MR) is 56.6 cm³/mol. The zero-order chi connectivity index (χ0) is 10.7. The van der Waals surface area contributed by atoms with E-state index in [1.165, 1.54) is 0 Å². The number of piperidine rings is 1. The number of hydrogen-bond donors (Lipinski definition) is 1. The molecule has 0 saturated carbocycles. The molecule has 2 heterocycles. The third-order valence-corrected chi connectivity index (χ3v) is 3.19. The molecule has 0 aromatic carbocycles. The van der Waals surface area contributed by atoms with Gasteiger partial charge in [0.2, 0.25) is 0 Å². The summed E-state index contributed by atoms with van der Waals surface area (Å²) in [6.07, 6.45) is 2.13. The smallest absolute Gasteiger partial charge is 0.181 e. The summed E-state index contributed by atoms with van der Waals surface area (Å²) in [6.45, 7) is 6.66. The Kier molecular flexibility index (Phi) is 3.61. The van der Waals surface area contributed by atoms with E-state index < -0.39 is 0 Å². The van der Waals surface area contributed by atoms with Crippen LogP contribution < -0.4 is 0 Å². The van der Waals surface area contributed by atoms with Crippen molar-refractivity contribution in [2.24, 2.45) is 5.92 Å². The van der Waals surface area contributed by atoms with Gasteiger partial charge in [-0.15, -0.1) is 0 Å². The molecule has 2 saturated heterocycles. The van der Waals surface area contributed by atoms with Gasteiger partial charge in [-0.05, 0) is 18.9 Å². The topological polar surface area (TPSA) is 41.9 Å². The van der Waals surface area contributed by atoms with Gasteiger partial charge in [-0.2, -0.15) is 0 Å². The highest BCUT2D eigenvalue weighted by molar-refractivity contribution is 4.84. The normalized spacial score (nSPS) is 28.4. The molecule has 2 aliphatic rings. The van der Waals surface area contributed by atoms with Crippen LogP contribution in [0.25, 0.3) is 0 Å². The van der Waals surface area contributed by atoms with E-state index in [0.717, 1.165) is 45.7 Å². The van der Waals surface area contributed by atoms with Crippen molar-refractivity contribution in [1.29, 1.82) is 0 Å². The van der Waals surface area contributed by atoms with Crippen molar-refractivity contribution in [1.82, 2.24) is 4.90 Å². The van der Waals surface area contributed by atoms with Gasteiger partial charge in [0.1, 0.15) is 0 Å². The van der Waals surface area contributed by atoms with Crippen LogP contribution in [0, 0.1) is 5.92 Å². The second-order valence-corrected chi connectivity index (χ2v) is 4.73. The van der Waals surface area contributed by atoms with Crippen molar-refractivity contribution in [2.45, 2.75) is 25.6 Å². The van der Waals surface area contributed by atoms with E-state index in [-0.39, 0.29) is 12.4 Å². The van der Waals surface area contributed by atoms with Crippen LogP contribution in [0.3, 0.4) is 0 Å². The lowest BCUT2D eigenvalue weighted by Crippen LogP contribution is -2.50. The average Bonchev–Trinajstić information content (AvgIpc) is 2.66. The average molecular weight is 215 g/mol. The Labute approximate surface area is 91.2 Å². The van der Waals surface area contributed by atoms with E-state index in [0.29, 0.717) is 5.92 Å². The first-order chi connectivity index (χ1) is 7.24. The summed E-state index contributed by atoms with van der Waals surface area (Å²) >= 11 is 0. The van der Waals surface area contributed by atoms with Crippen molar-refractivity contribution < 1.29 is 14.6 Å². The molecule has 0 aliphatic carbocycles. The fraction of sp³-hybridized carbons (Fsp3) is 1.00. The maximum Gasteiger partial charge on any atom is 0.181 e. The fourth-order valence-electron chi connectivity index (χ4n) is 2.46. The number of aliphatic hydroxyl groups is 1. The summed E-state index contributed by atoms with van der Waals surface area (Å²) in [4.78, 5) is 2.34. The molecule has 0 amide bonds. The van der Waals surface area contributed by atoms with Gasteiger partial charge in [-0.1, -0.05) is 6.92 Å². The molecule has 0 aromatic rings. The summed E-state index contributed by atoms with van der Waals surface area (Å²) < 4.78 is 11.4. The molecule has 0 aromatic heterocycles. The van der Waals surface area contributed by atoms with E-state index in [1.54, 1.807) is 0 Å². The third-order valence-electron chi connectivity index (χ3n) is 3.19. The first kappa shape index (κ1) is 11.3. The highest BCUT2D eigenvalue weighted by Gasteiger charge is 2.40. The molecule has 88 valence electrons. The van der Waals surface area contributed by atoms with Crippen LogP contribution >= 0.6 is 0 Å². The second kappa shape index (κ2) is 4.78. The minimum absolute atomic E-state index is 0.255. The predicted octanol–water partition coefficient (Wildman–Crippen LogP) is 0.454. The van der Waals surface area contributed by atoms with Crippen LogP contribution in [0.2, 0.25) is 0 Å². The summed E-state index contributed by atoms with van der Waals surface area (Å²) in [6, 6.07) is 0. The van der Waals surface area contributed by atoms with Crippen LogP contribution in [-0.2, 0) is 9.47 Å². The maximum atomic E-state index is 9.03. The fourth-order valence-corrected chi connectivity index (χ4v) is 2.46. The summed E-state index contributed by atoms with van der Waals surface area (Å²) in [5.74, 6) is 0.00880. The zero-order valence-electron chi connectivity index (χ0n) is 9.45. The summed E-state index contributed by atoms with van der Waals surface area (Å²) in [7, 11) is 0. The van der Waals surface area contributed by atoms with Crippen molar-refractivity contribution in [3.05, 3.63) is 0 Å². The van der Waals surface area contributed by atoms with Gasteiger partial charge in [0.25, 0.3) is 0 Å². The number of rotatable bonds is 3. The van der Waals surface area contributed by atoms with Gasteiger partial charge in [-0.3, -0.25) is 4.90 Å². The number of likely N-dealkylation sites (tertiary alicyclic amines) is 1. The molecule has 0 bridgehead atoms. The quantitative estimate of drug-likeness (QED) is 0.742. The van der Waals surface area contributed by atoms with Gasteiger partial charge >= 0.3 is 0 Å². The van der Waals surface area contributed by atoms with Gasteiger partial charge in [0, 0.05) is 19.6 Å². The molecule has 2 rings (SSSR count). The standard InChI is InChI=1S/C11H21NO3/c1-10(8-13)7-12-4-2-3-11(9-12)14-5-6-15-11/h10,13H,2-9H2,1H3. The van der Waals surface area contributed by atoms with Crippen molar-refractivity contribution in [2.75, 3.05) is 39.5 Å². The second-order valence-electron chi connectivity index (χ2n) is 4.73. The van der Waals surface area contributed by atoms with Crippen LogP contribution in [0.15, 0.2) is 0 Å². The Morgan fingerprint density at radius 3 is 2.80 bits per heavy atom. The van der Waals surface area contributed by atoms with E-state index in [2.05, 4.69) is 11.8 Å². The number of nitrogens with zero attached hydrogens (tertiary/aromatic N) is 1. The van der Waals surface area contributed by atoms with Gasteiger partial charge in [-0.25, -0.2) is 0 Å². The lowest BCUT2D eigenvalue weighted by atomic mass is 10.0. The van der Waals surface area contributed by atoms with Crippen molar-refractivity contribution in [3.63, 3.8) is 0 Å². The van der Waals surface area contributed by atoms with Gasteiger partial charge in [0.15, 0.2) is 5.79 Å². The Morgan fingerprint density at radius 2 is 2.13 bits per heavy atom. The Balaban J connectivity index is 1.86. The number of aliphatic hydroxyl groups excluding tert-OH is 1. The summed E-state index contributed by atoms with van der Waals surface area (Å²) in [5.41, 5.74) is 0. The van der Waals surface area contributed by atoms with Crippen LogP contribution in [0.4, 0.5) is 0 Å². The molecule has 15 heavy (non-hydrogen) atoms. The monoisotopic (exact) mass is 215 g/mol. The minimum Gasteiger partial charge on any atom is -0.396 e. The lowest BCUT2D eigenvalue weighted by Gasteiger charge is -2.39. The highest BCUT2D eigenvalue weighted by Crippen LogP contribution is 2.30. The SMILES string of the molecule is CC(CO)CN1CCCC2(C1)OCCO2. The van der Waals surface area contributed by atoms with Crippen molar-refractivity contribution in [3.8, 4) is 0 Å². The number of ether oxygens (including phenoxy) is 2. The number of hydrogen-bond acceptors (Lipinski definition) is 4. The molecule has 2 fully saturated rings. The molecule has 4 heteroatoms. The molecule has 1 N–H and O–H groups in total. The maximum absolute atomic E-state index is 9.03. The van der Waals surface area contributed by atoms with Crippen molar-refractivity contribution >= 4 is 0 Å². The first-order valence-corrected chi connectivity index (χ1v) is 5.85. The molecule has 1 unspecified atom stereocenters. The molecular formula is C11H21NO3. The van der Waals surface area contributed by atoms with E-state index in [1.807, 2.05) is 0 Å². The molecule has 0 radical (unpaired) electrons. The Hall–Kier alpha value is -0.160. The Morgan fingerprint density at radius 1 is 1.40 bits per heavy atom. The minimum atomic E-state index is -0.326. The van der Waals surface area contributed by atoms with Crippen LogP contribution in [-0.4, -0.2) is 55.2 Å². The Bertz CT molecular complexity index is 204. The largest absolute Gasteiger partial charge is 0.396 e. The zero-order valence-corrected chi connectivity index (χ0v) is 9.45. The van der Waals surface area contributed by atoms with Crippen LogP contribution in [0.5, 0.6) is 0 Å². The van der Waals surface area contributed by atoms with E-state index >= 15 is 0 Å². The molecule has 4 nitrogen and oxygen atoms in total. The third kappa shape index (κ3) is 2.69. The highest BCUT2D eigenvalue weighted by atomic mass is 16.7. The molecular weight excluding hydrogens is 194 g/mol. The van der Waals surface area contributed by atoms with Gasteiger partial charge < -0.3 is 14.6 Å². The van der Waals surface area contributed by atoms with Gasteiger partial charge in [0.05, 0.1) is 19.8 Å². The lowest BCUT2D eigenvalue weighted by molar-refractivity contribution is -0.190. The van der Waals surface area contributed by atoms with E-state index in [4.69, 9.17) is 14.6 Å². The molecule has 1 spiro atoms. The van der Waals surface area contributed by atoms with E-state index in [9.17, 15) is 0 Å². The van der Waals surface area contributed by atoms with Crippen LogP contribution in [0.1, 0.15) is 19.8 Å². The first-order valence-electron chi connectivity index (χ1n) is 5.85. The molecule has 1 atom stereocenters. The molecule has 2 aliphatic heterocycles.